The topological polar surface area (TPSA) is 55.4 Å². The molecule has 0 unspecified atom stereocenters. The molecule has 0 bridgehead atoms. The van der Waals surface area contributed by atoms with Gasteiger partial charge < -0.3 is 10.1 Å². The molecule has 0 atom stereocenters. The average molecular weight is 285 g/mol. The maximum atomic E-state index is 11.2. The summed E-state index contributed by atoms with van der Waals surface area (Å²) >= 11 is 0. The molecule has 0 spiro atoms. The summed E-state index contributed by atoms with van der Waals surface area (Å²) in [7, 11) is -2.82. The molecule has 5 heteroatoms. The second-order valence-electron chi connectivity index (χ2n) is 4.35. The van der Waals surface area contributed by atoms with Crippen LogP contribution in [0, 0.1) is 0 Å². The van der Waals surface area contributed by atoms with E-state index in [1.807, 2.05) is 30.3 Å². The van der Waals surface area contributed by atoms with E-state index >= 15 is 0 Å². The second kappa shape index (κ2) is 8.93. The van der Waals surface area contributed by atoms with E-state index in [9.17, 15) is 8.42 Å². The van der Waals surface area contributed by atoms with Crippen LogP contribution in [0.1, 0.15) is 19.8 Å². The molecule has 0 fully saturated rings. The molecule has 1 rings (SSSR count). The fourth-order valence-corrected chi connectivity index (χ4v) is 2.46. The number of benzene rings is 1. The second-order valence-corrected chi connectivity index (χ2v) is 6.83. The zero-order valence-electron chi connectivity index (χ0n) is 11.5. The molecule has 0 aliphatic carbocycles. The predicted molar refractivity (Wildman–Crippen MR) is 78.4 cm³/mol. The third-order valence-electron chi connectivity index (χ3n) is 2.76. The normalized spacial score (nSPS) is 11.4. The van der Waals surface area contributed by atoms with Gasteiger partial charge in [-0.15, -0.1) is 0 Å². The van der Waals surface area contributed by atoms with Crippen molar-refractivity contribution in [2.45, 2.75) is 19.8 Å². The lowest BCUT2D eigenvalue weighted by molar-refractivity contribution is 0.308. The molecule has 1 N–H and O–H groups in total. The van der Waals surface area contributed by atoms with Gasteiger partial charge in [0.15, 0.2) is 0 Å². The van der Waals surface area contributed by atoms with E-state index in [1.165, 1.54) is 0 Å². The summed E-state index contributed by atoms with van der Waals surface area (Å²) < 4.78 is 28.0. The molecular formula is C14H23NO3S. The summed E-state index contributed by atoms with van der Waals surface area (Å²) in [6.07, 6.45) is 1.59. The van der Waals surface area contributed by atoms with Gasteiger partial charge in [0.05, 0.1) is 12.4 Å². The summed E-state index contributed by atoms with van der Waals surface area (Å²) in [6, 6.07) is 9.72. The molecule has 0 aliphatic rings. The molecule has 1 aromatic carbocycles. The zero-order chi connectivity index (χ0) is 14.0. The van der Waals surface area contributed by atoms with E-state index in [2.05, 4.69) is 5.32 Å². The molecule has 1 aromatic rings. The van der Waals surface area contributed by atoms with Crippen molar-refractivity contribution in [3.8, 4) is 5.75 Å². The van der Waals surface area contributed by atoms with Crippen LogP contribution in [0.15, 0.2) is 30.3 Å². The minimum Gasteiger partial charge on any atom is -0.494 e. The van der Waals surface area contributed by atoms with Crippen molar-refractivity contribution in [2.75, 3.05) is 31.2 Å². The van der Waals surface area contributed by atoms with E-state index in [-0.39, 0.29) is 11.5 Å². The maximum Gasteiger partial charge on any atom is 0.150 e. The van der Waals surface area contributed by atoms with E-state index in [0.29, 0.717) is 13.0 Å². The molecule has 0 heterocycles. The molecule has 0 aromatic heterocycles. The van der Waals surface area contributed by atoms with Crippen molar-refractivity contribution < 1.29 is 13.2 Å². The number of para-hydroxylation sites is 1. The third kappa shape index (κ3) is 7.85. The van der Waals surface area contributed by atoms with Gasteiger partial charge in [0, 0.05) is 5.75 Å². The Morgan fingerprint density at radius 2 is 1.79 bits per heavy atom. The van der Waals surface area contributed by atoms with Gasteiger partial charge in [-0.1, -0.05) is 25.1 Å². The first-order valence-electron chi connectivity index (χ1n) is 6.73. The Labute approximate surface area is 116 Å². The van der Waals surface area contributed by atoms with Crippen molar-refractivity contribution in [1.29, 1.82) is 0 Å². The predicted octanol–water partition coefficient (Wildman–Crippen LogP) is 1.87. The van der Waals surface area contributed by atoms with Gasteiger partial charge in [-0.25, -0.2) is 8.42 Å². The highest BCUT2D eigenvalue weighted by Gasteiger charge is 2.05. The summed E-state index contributed by atoms with van der Waals surface area (Å²) in [4.78, 5) is 0. The van der Waals surface area contributed by atoms with Crippen LogP contribution in [0.3, 0.4) is 0 Å². The number of hydrogen-bond donors (Lipinski definition) is 1. The van der Waals surface area contributed by atoms with Crippen LogP contribution in [0.4, 0.5) is 0 Å². The number of hydrogen-bond acceptors (Lipinski definition) is 4. The highest BCUT2D eigenvalue weighted by molar-refractivity contribution is 7.91. The smallest absolute Gasteiger partial charge is 0.150 e. The Hall–Kier alpha value is -1.07. The summed E-state index contributed by atoms with van der Waals surface area (Å²) in [6.45, 7) is 3.94. The molecule has 4 nitrogen and oxygen atoms in total. The van der Waals surface area contributed by atoms with Crippen LogP contribution in [-0.2, 0) is 9.84 Å². The van der Waals surface area contributed by atoms with Crippen LogP contribution in [0.2, 0.25) is 0 Å². The van der Waals surface area contributed by atoms with Gasteiger partial charge in [0.2, 0.25) is 0 Å². The summed E-state index contributed by atoms with van der Waals surface area (Å²) in [5.41, 5.74) is 0. The summed E-state index contributed by atoms with van der Waals surface area (Å²) in [5.74, 6) is 1.39. The average Bonchev–Trinajstić information content (AvgIpc) is 2.43. The number of ether oxygens (including phenoxy) is 1. The Morgan fingerprint density at radius 1 is 1.11 bits per heavy atom. The van der Waals surface area contributed by atoms with Gasteiger partial charge in [-0.05, 0) is 38.1 Å². The standard InChI is InChI=1S/C14H23NO3S/c1-2-19(16,17)13-7-11-15-10-6-12-18-14-8-4-3-5-9-14/h3-5,8-9,15H,2,6-7,10-13H2,1H3. The lowest BCUT2D eigenvalue weighted by Gasteiger charge is -2.07. The third-order valence-corrected chi connectivity index (χ3v) is 4.55. The molecule has 0 radical (unpaired) electrons. The fourth-order valence-electron chi connectivity index (χ4n) is 1.59. The molecule has 19 heavy (non-hydrogen) atoms. The first-order valence-corrected chi connectivity index (χ1v) is 8.55. The van der Waals surface area contributed by atoms with Crippen LogP contribution < -0.4 is 10.1 Å². The van der Waals surface area contributed by atoms with E-state index in [0.717, 1.165) is 25.3 Å². The van der Waals surface area contributed by atoms with Crippen LogP contribution >= 0.6 is 0 Å². The fraction of sp³-hybridized carbons (Fsp3) is 0.571. The van der Waals surface area contributed by atoms with Gasteiger partial charge in [0.25, 0.3) is 0 Å². The first-order chi connectivity index (χ1) is 9.14. The van der Waals surface area contributed by atoms with Crippen LogP contribution in [0.5, 0.6) is 5.75 Å². The van der Waals surface area contributed by atoms with Crippen molar-refractivity contribution in [2.24, 2.45) is 0 Å². The van der Waals surface area contributed by atoms with Crippen molar-refractivity contribution in [1.82, 2.24) is 5.32 Å². The van der Waals surface area contributed by atoms with Crippen LogP contribution in [0.25, 0.3) is 0 Å². The Morgan fingerprint density at radius 3 is 2.47 bits per heavy atom. The minimum atomic E-state index is -2.82. The lowest BCUT2D eigenvalue weighted by atomic mass is 10.3. The molecular weight excluding hydrogens is 262 g/mol. The number of sulfone groups is 1. The highest BCUT2D eigenvalue weighted by Crippen LogP contribution is 2.07. The molecule has 0 amide bonds. The lowest BCUT2D eigenvalue weighted by Crippen LogP contribution is -2.21. The maximum absolute atomic E-state index is 11.2. The van der Waals surface area contributed by atoms with Gasteiger partial charge in [-0.2, -0.15) is 0 Å². The number of rotatable bonds is 10. The van der Waals surface area contributed by atoms with Gasteiger partial charge in [0.1, 0.15) is 15.6 Å². The van der Waals surface area contributed by atoms with E-state index in [4.69, 9.17) is 4.74 Å². The zero-order valence-corrected chi connectivity index (χ0v) is 12.3. The largest absolute Gasteiger partial charge is 0.494 e. The Balaban J connectivity index is 1.95. The summed E-state index contributed by atoms with van der Waals surface area (Å²) in [5, 5.41) is 3.22. The van der Waals surface area contributed by atoms with Gasteiger partial charge in [-0.3, -0.25) is 0 Å². The van der Waals surface area contributed by atoms with Crippen molar-refractivity contribution in [3.63, 3.8) is 0 Å². The molecule has 108 valence electrons. The first kappa shape index (κ1) is 16.0. The van der Waals surface area contributed by atoms with Crippen molar-refractivity contribution in [3.05, 3.63) is 30.3 Å². The monoisotopic (exact) mass is 285 g/mol. The van der Waals surface area contributed by atoms with E-state index in [1.54, 1.807) is 6.92 Å². The number of nitrogens with one attached hydrogen (secondary N) is 1. The highest BCUT2D eigenvalue weighted by atomic mass is 32.2. The Bertz CT molecular complexity index is 431. The molecule has 0 saturated carbocycles. The van der Waals surface area contributed by atoms with E-state index < -0.39 is 9.84 Å². The minimum absolute atomic E-state index is 0.234. The van der Waals surface area contributed by atoms with Crippen molar-refractivity contribution >= 4 is 9.84 Å². The van der Waals surface area contributed by atoms with Gasteiger partial charge >= 0.3 is 0 Å². The SMILES string of the molecule is CCS(=O)(=O)CCCNCCCOc1ccccc1. The molecule has 0 aliphatic heterocycles. The quantitative estimate of drug-likeness (QED) is 0.667. The molecule has 0 saturated heterocycles. The van der Waals surface area contributed by atoms with Crippen LogP contribution in [-0.4, -0.2) is 39.6 Å². The Kier molecular flexibility index (Phi) is 7.52.